The molecule has 3 heterocycles. The number of carbonyl (C=O) groups excluding carboxylic acids is 3. The van der Waals surface area contributed by atoms with Crippen LogP contribution in [0.4, 0.5) is 16.2 Å². The molecule has 1 aliphatic carbocycles. The summed E-state index contributed by atoms with van der Waals surface area (Å²) in [7, 11) is 0. The summed E-state index contributed by atoms with van der Waals surface area (Å²) in [6.45, 7) is 3.35. The highest BCUT2D eigenvalue weighted by molar-refractivity contribution is 7.10. The highest BCUT2D eigenvalue weighted by Crippen LogP contribution is 2.42. The number of carbonyl (C=O) groups is 3. The Morgan fingerprint density at radius 1 is 1.23 bits per heavy atom. The van der Waals surface area contributed by atoms with Gasteiger partial charge in [0, 0.05) is 29.3 Å². The molecule has 5 rings (SSSR count). The van der Waals surface area contributed by atoms with Gasteiger partial charge in [-0.15, -0.1) is 11.3 Å². The Labute approximate surface area is 179 Å². The molecule has 7 nitrogen and oxygen atoms in total. The van der Waals surface area contributed by atoms with Gasteiger partial charge in [-0.2, -0.15) is 0 Å². The average molecular weight is 425 g/mol. The smallest absolute Gasteiger partial charge is 0.325 e. The average Bonchev–Trinajstić information content (AvgIpc) is 3.45. The Morgan fingerprint density at radius 2 is 2.00 bits per heavy atom. The van der Waals surface area contributed by atoms with Gasteiger partial charge in [-0.1, -0.05) is 0 Å². The van der Waals surface area contributed by atoms with Crippen molar-refractivity contribution in [3.8, 4) is 0 Å². The van der Waals surface area contributed by atoms with Crippen LogP contribution < -0.4 is 15.5 Å². The maximum absolute atomic E-state index is 12.7. The largest absolute Gasteiger partial charge is 0.367 e. The second-order valence-corrected chi connectivity index (χ2v) is 9.43. The predicted octanol–water partition coefficient (Wildman–Crippen LogP) is 2.97. The van der Waals surface area contributed by atoms with E-state index in [-0.39, 0.29) is 24.3 Å². The molecule has 3 aliphatic rings. The second kappa shape index (κ2) is 7.12. The second-order valence-electron chi connectivity index (χ2n) is 8.43. The van der Waals surface area contributed by atoms with Gasteiger partial charge in [-0.25, -0.2) is 4.79 Å². The molecule has 8 heteroatoms. The summed E-state index contributed by atoms with van der Waals surface area (Å²) in [6, 6.07) is 9.39. The summed E-state index contributed by atoms with van der Waals surface area (Å²) < 4.78 is 0. The number of nitrogens with zero attached hydrogens (tertiary/aromatic N) is 2. The number of rotatable bonds is 5. The summed E-state index contributed by atoms with van der Waals surface area (Å²) in [5.41, 5.74) is 2.28. The molecule has 4 amide bonds. The fraction of sp³-hybridized carbons (Fsp3) is 0.409. The Kier molecular flexibility index (Phi) is 4.54. The SMILES string of the molecule is CC1(C2CC2)NC(=O)N(CC(=O)Nc2ccc(N3CCc4sccc4C3)cc2)C1=O. The third-order valence-corrected chi connectivity index (χ3v) is 7.34. The molecule has 1 atom stereocenters. The zero-order valence-electron chi connectivity index (χ0n) is 16.8. The highest BCUT2D eigenvalue weighted by atomic mass is 32.1. The van der Waals surface area contributed by atoms with E-state index in [1.54, 1.807) is 6.92 Å². The fourth-order valence-electron chi connectivity index (χ4n) is 4.37. The van der Waals surface area contributed by atoms with Crippen LogP contribution in [-0.2, 0) is 22.6 Å². The minimum absolute atomic E-state index is 0.175. The number of fused-ring (bicyclic) bond motifs is 1. The van der Waals surface area contributed by atoms with Gasteiger partial charge in [0.2, 0.25) is 5.91 Å². The number of amides is 4. The van der Waals surface area contributed by atoms with Crippen LogP contribution in [0.15, 0.2) is 35.7 Å². The normalized spacial score (nSPS) is 23.4. The molecule has 2 N–H and O–H groups in total. The number of thiophene rings is 1. The molecule has 0 radical (unpaired) electrons. The number of urea groups is 1. The van der Waals surface area contributed by atoms with Crippen molar-refractivity contribution in [1.29, 1.82) is 0 Å². The first-order valence-electron chi connectivity index (χ1n) is 10.3. The van der Waals surface area contributed by atoms with Gasteiger partial charge in [0.05, 0.1) is 0 Å². The summed E-state index contributed by atoms with van der Waals surface area (Å²) >= 11 is 1.82. The van der Waals surface area contributed by atoms with E-state index in [0.717, 1.165) is 42.9 Å². The first-order chi connectivity index (χ1) is 14.4. The Balaban J connectivity index is 1.20. The van der Waals surface area contributed by atoms with Crippen molar-refractivity contribution in [3.63, 3.8) is 0 Å². The zero-order chi connectivity index (χ0) is 20.9. The van der Waals surface area contributed by atoms with Crippen LogP contribution in [0, 0.1) is 5.92 Å². The Bertz CT molecular complexity index is 1010. The lowest BCUT2D eigenvalue weighted by atomic mass is 9.96. The first kappa shape index (κ1) is 19.1. The molecule has 1 unspecified atom stereocenters. The Hall–Kier alpha value is -2.87. The number of hydrogen-bond acceptors (Lipinski definition) is 5. The van der Waals surface area contributed by atoms with Gasteiger partial charge < -0.3 is 15.5 Å². The van der Waals surface area contributed by atoms with Gasteiger partial charge in [-0.05, 0) is 73.4 Å². The van der Waals surface area contributed by atoms with Crippen molar-refractivity contribution < 1.29 is 14.4 Å². The van der Waals surface area contributed by atoms with E-state index < -0.39 is 11.6 Å². The molecule has 156 valence electrons. The van der Waals surface area contributed by atoms with Gasteiger partial charge in [0.15, 0.2) is 0 Å². The van der Waals surface area contributed by atoms with Crippen molar-refractivity contribution in [1.82, 2.24) is 10.2 Å². The lowest BCUT2D eigenvalue weighted by Crippen LogP contribution is -2.46. The van der Waals surface area contributed by atoms with Crippen LogP contribution in [-0.4, -0.2) is 41.4 Å². The van der Waals surface area contributed by atoms with Crippen LogP contribution in [0.3, 0.4) is 0 Å². The highest BCUT2D eigenvalue weighted by Gasteiger charge is 2.56. The lowest BCUT2D eigenvalue weighted by molar-refractivity contribution is -0.134. The van der Waals surface area contributed by atoms with Gasteiger partial charge in [-0.3, -0.25) is 14.5 Å². The van der Waals surface area contributed by atoms with E-state index in [1.807, 2.05) is 35.6 Å². The summed E-state index contributed by atoms with van der Waals surface area (Å²) in [6.07, 6.45) is 2.91. The van der Waals surface area contributed by atoms with E-state index in [2.05, 4.69) is 27.0 Å². The first-order valence-corrected chi connectivity index (χ1v) is 11.2. The molecule has 0 spiro atoms. The molecule has 1 aromatic carbocycles. The lowest BCUT2D eigenvalue weighted by Gasteiger charge is -2.29. The third-order valence-electron chi connectivity index (χ3n) is 6.32. The molecule has 1 aromatic heterocycles. The molecule has 0 bridgehead atoms. The van der Waals surface area contributed by atoms with Crippen molar-refractivity contribution in [3.05, 3.63) is 46.2 Å². The summed E-state index contributed by atoms with van der Waals surface area (Å²) in [4.78, 5) is 42.1. The van der Waals surface area contributed by atoms with E-state index >= 15 is 0 Å². The Morgan fingerprint density at radius 3 is 2.73 bits per heavy atom. The molecular weight excluding hydrogens is 400 g/mol. The predicted molar refractivity (Wildman–Crippen MR) is 116 cm³/mol. The van der Waals surface area contributed by atoms with Crippen LogP contribution >= 0.6 is 11.3 Å². The molecular formula is C22H24N4O3S. The molecule has 1 saturated heterocycles. The quantitative estimate of drug-likeness (QED) is 0.723. The minimum atomic E-state index is -0.865. The molecule has 1 saturated carbocycles. The third kappa shape index (κ3) is 3.35. The summed E-state index contributed by atoms with van der Waals surface area (Å²) in [5.74, 6) is -0.514. The molecule has 2 fully saturated rings. The van der Waals surface area contributed by atoms with E-state index in [9.17, 15) is 14.4 Å². The zero-order valence-corrected chi connectivity index (χ0v) is 17.6. The van der Waals surface area contributed by atoms with Crippen LogP contribution in [0.2, 0.25) is 0 Å². The number of benzene rings is 1. The van der Waals surface area contributed by atoms with Gasteiger partial charge >= 0.3 is 6.03 Å². The van der Waals surface area contributed by atoms with Crippen molar-refractivity contribution in [2.24, 2.45) is 5.92 Å². The molecule has 2 aliphatic heterocycles. The maximum atomic E-state index is 12.7. The maximum Gasteiger partial charge on any atom is 0.325 e. The minimum Gasteiger partial charge on any atom is -0.367 e. The number of imide groups is 1. The van der Waals surface area contributed by atoms with Crippen LogP contribution in [0.1, 0.15) is 30.2 Å². The van der Waals surface area contributed by atoms with E-state index in [1.165, 1.54) is 10.4 Å². The van der Waals surface area contributed by atoms with Crippen LogP contribution in [0.5, 0.6) is 0 Å². The summed E-state index contributed by atoms with van der Waals surface area (Å²) in [5, 5.41) is 7.70. The standard InChI is InChI=1S/C22H24N4O3S/c1-22(15-2-3-15)20(28)26(21(29)24-22)13-19(27)23-16-4-6-17(7-5-16)25-10-8-18-14(12-25)9-11-30-18/h4-7,9,11,15H,2-3,8,10,12-13H2,1H3,(H,23,27)(H,24,29). The van der Waals surface area contributed by atoms with Crippen molar-refractivity contribution >= 4 is 40.6 Å². The van der Waals surface area contributed by atoms with E-state index in [4.69, 9.17) is 0 Å². The number of hydrogen-bond donors (Lipinski definition) is 2. The number of nitrogens with one attached hydrogen (secondary N) is 2. The van der Waals surface area contributed by atoms with Gasteiger partial charge in [0.1, 0.15) is 12.1 Å². The molecule has 30 heavy (non-hydrogen) atoms. The van der Waals surface area contributed by atoms with Crippen molar-refractivity contribution in [2.75, 3.05) is 23.3 Å². The van der Waals surface area contributed by atoms with Gasteiger partial charge in [0.25, 0.3) is 5.91 Å². The number of anilines is 2. The monoisotopic (exact) mass is 424 g/mol. The molecule has 2 aromatic rings. The van der Waals surface area contributed by atoms with Crippen molar-refractivity contribution in [2.45, 2.75) is 38.3 Å². The van der Waals surface area contributed by atoms with E-state index in [0.29, 0.717) is 5.69 Å². The van der Waals surface area contributed by atoms with Crippen LogP contribution in [0.25, 0.3) is 0 Å². The topological polar surface area (TPSA) is 81.8 Å². The fourth-order valence-corrected chi connectivity index (χ4v) is 5.25.